The summed E-state index contributed by atoms with van der Waals surface area (Å²) in [5.41, 5.74) is 3.47. The fourth-order valence-electron chi connectivity index (χ4n) is 6.61. The van der Waals surface area contributed by atoms with Crippen LogP contribution in [0, 0.1) is 5.92 Å². The molecule has 5 nitrogen and oxygen atoms in total. The van der Waals surface area contributed by atoms with Crippen molar-refractivity contribution >= 4 is 56.9 Å². The van der Waals surface area contributed by atoms with Crippen LogP contribution in [0.4, 0.5) is 30.2 Å². The van der Waals surface area contributed by atoms with E-state index in [2.05, 4.69) is 77.0 Å². The number of piperazine rings is 1. The van der Waals surface area contributed by atoms with E-state index in [-0.39, 0.29) is 5.92 Å². The summed E-state index contributed by atoms with van der Waals surface area (Å²) in [5.74, 6) is 0.137. The van der Waals surface area contributed by atoms with Gasteiger partial charge < -0.3 is 19.4 Å². The fourth-order valence-corrected chi connectivity index (χ4v) is 7.85. The maximum absolute atomic E-state index is 13.6. The minimum atomic E-state index is -4.37. The fraction of sp³-hybridized carbons (Fsp3) is 0.395. The molecular weight excluding hydrogens is 650 g/mol. The monoisotopic (exact) mass is 692 g/mol. The van der Waals surface area contributed by atoms with Gasteiger partial charge in [0.05, 0.1) is 16.9 Å². The van der Waals surface area contributed by atoms with E-state index >= 15 is 0 Å². The van der Waals surface area contributed by atoms with Gasteiger partial charge in [0, 0.05) is 80.1 Å². The van der Waals surface area contributed by atoms with Crippen LogP contribution in [-0.2, 0) is 17.3 Å². The van der Waals surface area contributed by atoms with E-state index in [1.165, 1.54) is 45.9 Å². The lowest BCUT2D eigenvalue weighted by atomic mass is 9.98. The molecule has 1 saturated heterocycles. The van der Waals surface area contributed by atoms with Gasteiger partial charge in [-0.2, -0.15) is 13.2 Å². The number of para-hydroxylation sites is 1. The van der Waals surface area contributed by atoms with Crippen molar-refractivity contribution in [2.45, 2.75) is 35.7 Å². The number of anilines is 3. The number of ether oxygens (including phenoxy) is 1. The molecule has 1 atom stereocenters. The van der Waals surface area contributed by atoms with Crippen LogP contribution in [0.1, 0.15) is 24.5 Å². The van der Waals surface area contributed by atoms with Crippen molar-refractivity contribution < 1.29 is 17.9 Å². The first kappa shape index (κ1) is 34.5. The molecule has 4 aromatic carbocycles. The van der Waals surface area contributed by atoms with Crippen LogP contribution < -0.4 is 9.80 Å². The molecule has 0 saturated carbocycles. The average molecular weight is 693 g/mol. The third-order valence-corrected chi connectivity index (χ3v) is 10.9. The minimum absolute atomic E-state index is 0.137. The summed E-state index contributed by atoms with van der Waals surface area (Å²) in [7, 11) is 4.14. The number of hydrogen-bond donors (Lipinski definition) is 0. The number of rotatable bonds is 11. The van der Waals surface area contributed by atoms with Crippen LogP contribution in [0.2, 0.25) is 0 Å². The Kier molecular flexibility index (Phi) is 10.8. The lowest BCUT2D eigenvalue weighted by Gasteiger charge is -2.36. The largest absolute Gasteiger partial charge is 0.485 e. The van der Waals surface area contributed by atoms with E-state index in [1.807, 2.05) is 24.3 Å². The van der Waals surface area contributed by atoms with Crippen LogP contribution in [0.25, 0.3) is 10.8 Å². The molecule has 0 bridgehead atoms. The van der Waals surface area contributed by atoms with E-state index in [9.17, 15) is 13.2 Å². The molecule has 1 fully saturated rings. The normalized spacial score (nSPS) is 16.0. The van der Waals surface area contributed by atoms with Gasteiger partial charge in [0.2, 0.25) is 0 Å². The smallest absolute Gasteiger partial charge is 0.416 e. The summed E-state index contributed by atoms with van der Waals surface area (Å²) < 4.78 is 46.8. The highest BCUT2D eigenvalue weighted by Crippen LogP contribution is 2.49. The Morgan fingerprint density at radius 3 is 2.33 bits per heavy atom. The first-order valence-corrected chi connectivity index (χ1v) is 17.9. The van der Waals surface area contributed by atoms with Crippen LogP contribution in [0.5, 0.6) is 0 Å². The standard InChI is InChI=1S/C38H43F3N4OS2/c1-27(24-28-12-13-29-8-6-10-32(42(2)3)31(29)25-28)37(47)46-23-22-44-20-18-43(19-21-44)16-7-17-45-33-9-4-5-11-35(33)48-36-15-14-30(26-34(36)45)38(39,40)41/h4-6,8-15,25-27H,7,16-24H2,1-3H3. The van der Waals surface area contributed by atoms with Gasteiger partial charge in [-0.1, -0.05) is 55.1 Å². The highest BCUT2D eigenvalue weighted by molar-refractivity contribution is 7.99. The summed E-state index contributed by atoms with van der Waals surface area (Å²) in [4.78, 5) is 11.0. The first-order valence-electron chi connectivity index (χ1n) is 16.6. The SMILES string of the molecule is CC(Cc1ccc2cccc(N(C)C)c2c1)C(=S)OCCN1CCN(CCCN2c3ccccc3Sc3ccc(C(F)(F)F)cc32)CC1. The molecule has 2 heterocycles. The van der Waals surface area contributed by atoms with E-state index in [1.54, 1.807) is 6.07 Å². The molecule has 2 aliphatic rings. The van der Waals surface area contributed by atoms with Crippen molar-refractivity contribution in [3.63, 3.8) is 0 Å². The quantitative estimate of drug-likeness (QED) is 0.145. The minimum Gasteiger partial charge on any atom is -0.485 e. The third-order valence-electron chi connectivity index (χ3n) is 9.28. The maximum Gasteiger partial charge on any atom is 0.416 e. The maximum atomic E-state index is 13.6. The molecule has 0 amide bonds. The molecule has 6 rings (SSSR count). The number of fused-ring (bicyclic) bond motifs is 3. The van der Waals surface area contributed by atoms with Crippen molar-refractivity contribution in [3.05, 3.63) is 90.0 Å². The number of hydrogen-bond acceptors (Lipinski definition) is 7. The van der Waals surface area contributed by atoms with Gasteiger partial charge >= 0.3 is 6.18 Å². The van der Waals surface area contributed by atoms with Crippen molar-refractivity contribution in [1.82, 2.24) is 9.80 Å². The van der Waals surface area contributed by atoms with Gasteiger partial charge in [-0.25, -0.2) is 0 Å². The molecule has 254 valence electrons. The van der Waals surface area contributed by atoms with Crippen molar-refractivity contribution in [3.8, 4) is 0 Å². The molecule has 4 aromatic rings. The summed E-state index contributed by atoms with van der Waals surface area (Å²) in [6.45, 7) is 8.94. The van der Waals surface area contributed by atoms with Gasteiger partial charge in [0.15, 0.2) is 5.05 Å². The van der Waals surface area contributed by atoms with Gasteiger partial charge in [0.25, 0.3) is 0 Å². The molecule has 1 unspecified atom stereocenters. The second kappa shape index (κ2) is 15.1. The molecule has 0 radical (unpaired) electrons. The number of nitrogens with zero attached hydrogens (tertiary/aromatic N) is 4. The molecule has 0 aliphatic carbocycles. The van der Waals surface area contributed by atoms with Crippen LogP contribution >= 0.6 is 24.0 Å². The summed E-state index contributed by atoms with van der Waals surface area (Å²) in [5, 5.41) is 3.15. The van der Waals surface area contributed by atoms with Crippen LogP contribution in [0.3, 0.4) is 0 Å². The van der Waals surface area contributed by atoms with Crippen LogP contribution in [-0.4, -0.2) is 81.4 Å². The Bertz CT molecular complexity index is 1740. The number of benzene rings is 4. The molecule has 48 heavy (non-hydrogen) atoms. The topological polar surface area (TPSA) is 22.2 Å². The predicted octanol–water partition coefficient (Wildman–Crippen LogP) is 8.76. The van der Waals surface area contributed by atoms with Gasteiger partial charge in [-0.15, -0.1) is 0 Å². The Labute approximate surface area is 291 Å². The van der Waals surface area contributed by atoms with Crippen molar-refractivity contribution in [2.75, 3.05) is 76.3 Å². The lowest BCUT2D eigenvalue weighted by molar-refractivity contribution is -0.137. The highest BCUT2D eigenvalue weighted by atomic mass is 32.2. The summed E-state index contributed by atoms with van der Waals surface area (Å²) in [6, 6.07) is 25.1. The number of thiocarbonyl (C=S) groups is 1. The summed E-state index contributed by atoms with van der Waals surface area (Å²) >= 11 is 7.22. The zero-order valence-corrected chi connectivity index (χ0v) is 29.4. The van der Waals surface area contributed by atoms with Gasteiger partial charge in [-0.3, -0.25) is 4.90 Å². The Morgan fingerprint density at radius 2 is 1.58 bits per heavy atom. The van der Waals surface area contributed by atoms with E-state index in [0.29, 0.717) is 23.9 Å². The third kappa shape index (κ3) is 8.10. The average Bonchev–Trinajstić information content (AvgIpc) is 3.07. The zero-order chi connectivity index (χ0) is 33.8. The second-order valence-electron chi connectivity index (χ2n) is 12.9. The number of halogens is 3. The van der Waals surface area contributed by atoms with Gasteiger partial charge in [0.1, 0.15) is 6.61 Å². The molecule has 0 N–H and O–H groups in total. The molecule has 10 heteroatoms. The molecule has 0 aromatic heterocycles. The zero-order valence-electron chi connectivity index (χ0n) is 27.8. The Hall–Kier alpha value is -3.31. The Morgan fingerprint density at radius 1 is 0.854 bits per heavy atom. The van der Waals surface area contributed by atoms with Gasteiger partial charge in [-0.05, 0) is 85.0 Å². The van der Waals surface area contributed by atoms with E-state index < -0.39 is 11.7 Å². The van der Waals surface area contributed by atoms with Crippen molar-refractivity contribution in [2.24, 2.45) is 5.92 Å². The Balaban J connectivity index is 0.944. The highest BCUT2D eigenvalue weighted by Gasteiger charge is 2.33. The van der Waals surface area contributed by atoms with E-state index in [4.69, 9.17) is 17.0 Å². The lowest BCUT2D eigenvalue weighted by Crippen LogP contribution is -2.47. The molecule has 2 aliphatic heterocycles. The van der Waals surface area contributed by atoms with Crippen molar-refractivity contribution in [1.29, 1.82) is 0 Å². The first-order chi connectivity index (χ1) is 23.1. The molecule has 0 spiro atoms. The number of alkyl halides is 3. The second-order valence-corrected chi connectivity index (χ2v) is 14.4. The summed E-state index contributed by atoms with van der Waals surface area (Å²) in [6.07, 6.45) is -2.67. The molecular formula is C38H43F3N4OS2. The van der Waals surface area contributed by atoms with E-state index in [0.717, 1.165) is 67.6 Å². The predicted molar refractivity (Wildman–Crippen MR) is 196 cm³/mol. The van der Waals surface area contributed by atoms with Crippen LogP contribution in [0.15, 0.2) is 88.7 Å².